The van der Waals surface area contributed by atoms with Crippen molar-refractivity contribution >= 4 is 17.5 Å². The standard InChI is InChI=1S/C23H22N2O2/c1-17(26)24-22(20-10-6-3-7-11-20)16-23(27)25-21-14-12-19(13-15-21)18-8-4-2-5-9-18/h2-15,22H,16H2,1H3,(H,24,26)(H,25,27)/t22-/m1/s1. The first-order valence-corrected chi connectivity index (χ1v) is 8.89. The van der Waals surface area contributed by atoms with Gasteiger partial charge < -0.3 is 10.6 Å². The predicted molar refractivity (Wildman–Crippen MR) is 108 cm³/mol. The monoisotopic (exact) mass is 358 g/mol. The minimum Gasteiger partial charge on any atom is -0.349 e. The summed E-state index contributed by atoms with van der Waals surface area (Å²) >= 11 is 0. The minimum atomic E-state index is -0.354. The van der Waals surface area contributed by atoms with Gasteiger partial charge in [-0.15, -0.1) is 0 Å². The van der Waals surface area contributed by atoms with Gasteiger partial charge in [-0.2, -0.15) is 0 Å². The van der Waals surface area contributed by atoms with Crippen molar-refractivity contribution in [2.45, 2.75) is 19.4 Å². The number of rotatable bonds is 6. The third kappa shape index (κ3) is 5.28. The zero-order valence-electron chi connectivity index (χ0n) is 15.2. The van der Waals surface area contributed by atoms with Gasteiger partial charge in [0.05, 0.1) is 12.5 Å². The molecule has 0 radical (unpaired) electrons. The molecule has 3 aromatic carbocycles. The highest BCUT2D eigenvalue weighted by atomic mass is 16.2. The molecule has 2 N–H and O–H groups in total. The van der Waals surface area contributed by atoms with Crippen LogP contribution in [0.4, 0.5) is 5.69 Å². The van der Waals surface area contributed by atoms with E-state index in [1.807, 2.05) is 84.9 Å². The second-order valence-corrected chi connectivity index (χ2v) is 6.36. The number of hydrogen-bond donors (Lipinski definition) is 2. The number of amides is 2. The van der Waals surface area contributed by atoms with Crippen LogP contribution in [0.5, 0.6) is 0 Å². The van der Waals surface area contributed by atoms with Crippen molar-refractivity contribution in [3.63, 3.8) is 0 Å². The van der Waals surface area contributed by atoms with Gasteiger partial charge in [0.15, 0.2) is 0 Å². The lowest BCUT2D eigenvalue weighted by Crippen LogP contribution is -2.29. The molecule has 0 heterocycles. The summed E-state index contributed by atoms with van der Waals surface area (Å²) in [4.78, 5) is 24.0. The normalized spacial score (nSPS) is 11.4. The van der Waals surface area contributed by atoms with Crippen LogP contribution in [-0.2, 0) is 9.59 Å². The summed E-state index contributed by atoms with van der Waals surface area (Å²) in [5.41, 5.74) is 3.86. The van der Waals surface area contributed by atoms with Gasteiger partial charge >= 0.3 is 0 Å². The molecule has 0 aromatic heterocycles. The maximum atomic E-state index is 12.5. The fourth-order valence-corrected chi connectivity index (χ4v) is 2.96. The first-order chi connectivity index (χ1) is 13.1. The molecule has 3 aromatic rings. The van der Waals surface area contributed by atoms with Crippen molar-refractivity contribution in [3.05, 3.63) is 90.5 Å². The van der Waals surface area contributed by atoms with Crippen LogP contribution in [0, 0.1) is 0 Å². The van der Waals surface area contributed by atoms with Crippen LogP contribution in [0.2, 0.25) is 0 Å². The van der Waals surface area contributed by atoms with E-state index in [1.165, 1.54) is 6.92 Å². The SMILES string of the molecule is CC(=O)N[C@H](CC(=O)Nc1ccc(-c2ccccc2)cc1)c1ccccc1. The van der Waals surface area contributed by atoms with Gasteiger partial charge in [-0.25, -0.2) is 0 Å². The molecule has 27 heavy (non-hydrogen) atoms. The van der Waals surface area contributed by atoms with Gasteiger partial charge in [-0.1, -0.05) is 72.8 Å². The van der Waals surface area contributed by atoms with E-state index >= 15 is 0 Å². The van der Waals surface area contributed by atoms with Gasteiger partial charge in [0.25, 0.3) is 0 Å². The summed E-state index contributed by atoms with van der Waals surface area (Å²) in [6, 6.07) is 26.9. The van der Waals surface area contributed by atoms with E-state index < -0.39 is 0 Å². The molecule has 0 saturated carbocycles. The van der Waals surface area contributed by atoms with Gasteiger partial charge in [-0.3, -0.25) is 9.59 Å². The molecule has 4 nitrogen and oxygen atoms in total. The summed E-state index contributed by atoms with van der Waals surface area (Å²) in [7, 11) is 0. The summed E-state index contributed by atoms with van der Waals surface area (Å²) < 4.78 is 0. The van der Waals surface area contributed by atoms with Crippen LogP contribution in [-0.4, -0.2) is 11.8 Å². The third-order valence-corrected chi connectivity index (χ3v) is 4.24. The van der Waals surface area contributed by atoms with Crippen molar-refractivity contribution in [3.8, 4) is 11.1 Å². The van der Waals surface area contributed by atoms with E-state index in [1.54, 1.807) is 0 Å². The molecule has 0 fully saturated rings. The topological polar surface area (TPSA) is 58.2 Å². The minimum absolute atomic E-state index is 0.148. The van der Waals surface area contributed by atoms with Crippen LogP contribution >= 0.6 is 0 Å². The highest BCUT2D eigenvalue weighted by Crippen LogP contribution is 2.22. The van der Waals surface area contributed by atoms with Crippen molar-refractivity contribution in [2.24, 2.45) is 0 Å². The lowest BCUT2D eigenvalue weighted by molar-refractivity contribution is -0.120. The van der Waals surface area contributed by atoms with Crippen molar-refractivity contribution < 1.29 is 9.59 Å². The van der Waals surface area contributed by atoms with Crippen molar-refractivity contribution in [1.29, 1.82) is 0 Å². The Labute approximate surface area is 159 Å². The molecule has 0 aliphatic rings. The van der Waals surface area contributed by atoms with Gasteiger partial charge in [0, 0.05) is 12.6 Å². The number of nitrogens with one attached hydrogen (secondary N) is 2. The molecule has 0 unspecified atom stereocenters. The number of carbonyl (C=O) groups excluding carboxylic acids is 2. The van der Waals surface area contributed by atoms with E-state index in [4.69, 9.17) is 0 Å². The van der Waals surface area contributed by atoms with Crippen LogP contribution in [0.1, 0.15) is 24.9 Å². The summed E-state index contributed by atoms with van der Waals surface area (Å²) in [5.74, 6) is -0.311. The van der Waals surface area contributed by atoms with Crippen LogP contribution < -0.4 is 10.6 Å². The summed E-state index contributed by atoms with van der Waals surface area (Å²) in [6.45, 7) is 1.45. The Morgan fingerprint density at radius 2 is 1.33 bits per heavy atom. The fourth-order valence-electron chi connectivity index (χ4n) is 2.96. The van der Waals surface area contributed by atoms with E-state index in [-0.39, 0.29) is 24.3 Å². The van der Waals surface area contributed by atoms with Crippen LogP contribution in [0.25, 0.3) is 11.1 Å². The molecule has 2 amide bonds. The highest BCUT2D eigenvalue weighted by molar-refractivity contribution is 5.92. The molecule has 0 aliphatic heterocycles. The van der Waals surface area contributed by atoms with Crippen molar-refractivity contribution in [1.82, 2.24) is 5.32 Å². The summed E-state index contributed by atoms with van der Waals surface area (Å²) in [6.07, 6.45) is 0.171. The fraction of sp³-hybridized carbons (Fsp3) is 0.130. The molecular formula is C23H22N2O2. The Hall–Kier alpha value is -3.40. The van der Waals surface area contributed by atoms with Crippen LogP contribution in [0.15, 0.2) is 84.9 Å². The number of anilines is 1. The molecule has 4 heteroatoms. The predicted octanol–water partition coefficient (Wildman–Crippen LogP) is 4.56. The zero-order chi connectivity index (χ0) is 19.1. The molecule has 136 valence electrons. The second-order valence-electron chi connectivity index (χ2n) is 6.36. The first-order valence-electron chi connectivity index (χ1n) is 8.89. The molecular weight excluding hydrogens is 336 g/mol. The lowest BCUT2D eigenvalue weighted by Gasteiger charge is -2.18. The molecule has 0 aliphatic carbocycles. The average Bonchev–Trinajstić information content (AvgIpc) is 2.69. The average molecular weight is 358 g/mol. The van der Waals surface area contributed by atoms with E-state index in [9.17, 15) is 9.59 Å². The van der Waals surface area contributed by atoms with E-state index in [0.717, 1.165) is 22.4 Å². The van der Waals surface area contributed by atoms with Gasteiger partial charge in [0.2, 0.25) is 11.8 Å². The Morgan fingerprint density at radius 3 is 1.93 bits per heavy atom. The maximum absolute atomic E-state index is 12.5. The molecule has 1 atom stereocenters. The zero-order valence-corrected chi connectivity index (χ0v) is 15.2. The quantitative estimate of drug-likeness (QED) is 0.679. The molecule has 0 saturated heterocycles. The first kappa shape index (κ1) is 18.4. The van der Waals surface area contributed by atoms with E-state index in [0.29, 0.717) is 0 Å². The molecule has 3 rings (SSSR count). The number of benzene rings is 3. The largest absolute Gasteiger partial charge is 0.349 e. The second kappa shape index (κ2) is 8.81. The number of hydrogen-bond acceptors (Lipinski definition) is 2. The van der Waals surface area contributed by atoms with Gasteiger partial charge in [0.1, 0.15) is 0 Å². The maximum Gasteiger partial charge on any atom is 0.226 e. The van der Waals surface area contributed by atoms with Gasteiger partial charge in [-0.05, 0) is 28.8 Å². The smallest absolute Gasteiger partial charge is 0.226 e. The third-order valence-electron chi connectivity index (χ3n) is 4.24. The lowest BCUT2D eigenvalue weighted by atomic mass is 10.0. The van der Waals surface area contributed by atoms with Crippen LogP contribution in [0.3, 0.4) is 0 Å². The van der Waals surface area contributed by atoms with E-state index in [2.05, 4.69) is 10.6 Å². The Kier molecular flexibility index (Phi) is 6.00. The number of carbonyl (C=O) groups is 2. The Bertz CT molecular complexity index is 891. The summed E-state index contributed by atoms with van der Waals surface area (Å²) in [5, 5.41) is 5.75. The Balaban J connectivity index is 1.66. The molecule has 0 bridgehead atoms. The van der Waals surface area contributed by atoms with Crippen molar-refractivity contribution in [2.75, 3.05) is 5.32 Å². The highest BCUT2D eigenvalue weighted by Gasteiger charge is 2.17. The molecule has 0 spiro atoms. The Morgan fingerprint density at radius 1 is 0.778 bits per heavy atom.